The molecule has 0 aromatic heterocycles. The highest BCUT2D eigenvalue weighted by molar-refractivity contribution is 5.97. The highest BCUT2D eigenvalue weighted by atomic mass is 19.1. The third kappa shape index (κ3) is 3.27. The van der Waals surface area contributed by atoms with Gasteiger partial charge in [0.05, 0.1) is 19.8 Å². The van der Waals surface area contributed by atoms with Gasteiger partial charge in [-0.2, -0.15) is 0 Å². The van der Waals surface area contributed by atoms with Gasteiger partial charge in [-0.1, -0.05) is 12.1 Å². The summed E-state index contributed by atoms with van der Waals surface area (Å²) in [7, 11) is 3.16. The molecule has 0 radical (unpaired) electrons. The summed E-state index contributed by atoms with van der Waals surface area (Å²) < 4.78 is 23.9. The van der Waals surface area contributed by atoms with Crippen molar-refractivity contribution in [2.75, 3.05) is 14.2 Å². The summed E-state index contributed by atoms with van der Waals surface area (Å²) in [5.74, 6) is 1.41. The summed E-state index contributed by atoms with van der Waals surface area (Å²) >= 11 is 0. The highest BCUT2D eigenvalue weighted by Gasteiger charge is 2.44. The minimum atomic E-state index is -0.207. The van der Waals surface area contributed by atoms with E-state index in [4.69, 9.17) is 9.47 Å². The number of benzene rings is 2. The summed E-state index contributed by atoms with van der Waals surface area (Å²) in [5, 5.41) is 0. The molecule has 4 rings (SSSR count). The zero-order valence-corrected chi connectivity index (χ0v) is 15.7. The number of carbonyl (C=O) groups excluding carboxylic acids is 1. The van der Waals surface area contributed by atoms with E-state index in [-0.39, 0.29) is 23.8 Å². The fourth-order valence-electron chi connectivity index (χ4n) is 4.63. The Morgan fingerprint density at radius 2 is 1.67 bits per heavy atom. The zero-order chi connectivity index (χ0) is 19.0. The summed E-state index contributed by atoms with van der Waals surface area (Å²) in [4.78, 5) is 15.3. The number of nitrogens with zero attached hydrogens (tertiary/aromatic N) is 1. The normalized spacial score (nSPS) is 24.0. The smallest absolute Gasteiger partial charge is 0.258 e. The van der Waals surface area contributed by atoms with Crippen LogP contribution in [0.25, 0.3) is 0 Å². The maximum Gasteiger partial charge on any atom is 0.258 e. The number of ether oxygens (including phenoxy) is 2. The lowest BCUT2D eigenvalue weighted by molar-refractivity contribution is 0.0568. The van der Waals surface area contributed by atoms with Crippen LogP contribution in [0.2, 0.25) is 0 Å². The molecule has 2 saturated heterocycles. The van der Waals surface area contributed by atoms with Gasteiger partial charge in [-0.05, 0) is 61.4 Å². The number of piperidine rings is 1. The van der Waals surface area contributed by atoms with Crippen LogP contribution in [-0.2, 0) is 0 Å². The van der Waals surface area contributed by atoms with Crippen LogP contribution in [0, 0.1) is 5.82 Å². The van der Waals surface area contributed by atoms with Gasteiger partial charge in [0.2, 0.25) is 0 Å². The minimum Gasteiger partial charge on any atom is -0.497 e. The molecule has 27 heavy (non-hydrogen) atoms. The number of amides is 1. The standard InChI is InChI=1S/C22H24FNO3/c1-26-19-9-10-20(21(13-19)27-2)22(25)24-17-7-8-18(24)12-15(11-17)14-3-5-16(23)6-4-14/h3-6,9-10,13,15,17-18H,7-8,11-12H2,1-2H3. The first kappa shape index (κ1) is 17.8. The molecule has 2 bridgehead atoms. The minimum absolute atomic E-state index is 0.0274. The fourth-order valence-corrected chi connectivity index (χ4v) is 4.63. The van der Waals surface area contributed by atoms with Crippen molar-refractivity contribution < 1.29 is 18.7 Å². The second-order valence-corrected chi connectivity index (χ2v) is 7.38. The summed E-state index contributed by atoms with van der Waals surface area (Å²) in [6.07, 6.45) is 3.89. The molecule has 2 unspecified atom stereocenters. The summed E-state index contributed by atoms with van der Waals surface area (Å²) in [6.45, 7) is 0. The molecule has 2 aromatic rings. The van der Waals surface area contributed by atoms with Gasteiger partial charge in [0.1, 0.15) is 17.3 Å². The van der Waals surface area contributed by atoms with E-state index in [0.29, 0.717) is 23.0 Å². The zero-order valence-electron chi connectivity index (χ0n) is 15.7. The lowest BCUT2D eigenvalue weighted by Gasteiger charge is -2.39. The van der Waals surface area contributed by atoms with Crippen LogP contribution in [0.5, 0.6) is 11.5 Å². The molecule has 142 valence electrons. The number of carbonyl (C=O) groups is 1. The molecule has 2 aliphatic rings. The van der Waals surface area contributed by atoms with Crippen molar-refractivity contribution in [2.45, 2.75) is 43.7 Å². The Labute approximate surface area is 158 Å². The maximum atomic E-state index is 13.3. The van der Waals surface area contributed by atoms with Crippen molar-refractivity contribution in [1.29, 1.82) is 0 Å². The third-order valence-corrected chi connectivity index (χ3v) is 5.95. The number of hydrogen-bond acceptors (Lipinski definition) is 3. The SMILES string of the molecule is COc1ccc(C(=O)N2C3CCC2CC(c2ccc(F)cc2)C3)c(OC)c1. The third-order valence-electron chi connectivity index (χ3n) is 5.95. The number of halogens is 1. The van der Waals surface area contributed by atoms with Gasteiger partial charge in [-0.25, -0.2) is 4.39 Å². The second-order valence-electron chi connectivity index (χ2n) is 7.38. The lowest BCUT2D eigenvalue weighted by atomic mass is 9.84. The van der Waals surface area contributed by atoms with E-state index in [9.17, 15) is 9.18 Å². The molecule has 2 atom stereocenters. The molecular formula is C22H24FNO3. The van der Waals surface area contributed by atoms with Crippen molar-refractivity contribution in [3.05, 3.63) is 59.4 Å². The first-order valence-electron chi connectivity index (χ1n) is 9.41. The van der Waals surface area contributed by atoms with Crippen molar-refractivity contribution in [3.8, 4) is 11.5 Å². The Bertz CT molecular complexity index is 822. The van der Waals surface area contributed by atoms with E-state index < -0.39 is 0 Å². The fraction of sp³-hybridized carbons (Fsp3) is 0.409. The average Bonchev–Trinajstić information content (AvgIpc) is 2.96. The molecule has 2 aliphatic heterocycles. The topological polar surface area (TPSA) is 38.8 Å². The Morgan fingerprint density at radius 3 is 2.26 bits per heavy atom. The van der Waals surface area contributed by atoms with Crippen LogP contribution in [0.1, 0.15) is 47.5 Å². The number of methoxy groups -OCH3 is 2. The molecular weight excluding hydrogens is 345 g/mol. The van der Waals surface area contributed by atoms with Gasteiger partial charge < -0.3 is 14.4 Å². The molecule has 0 saturated carbocycles. The molecule has 0 aliphatic carbocycles. The van der Waals surface area contributed by atoms with E-state index in [1.165, 1.54) is 17.7 Å². The van der Waals surface area contributed by atoms with Gasteiger partial charge in [0.25, 0.3) is 5.91 Å². The molecule has 2 fully saturated rings. The Morgan fingerprint density at radius 1 is 1.00 bits per heavy atom. The Balaban J connectivity index is 1.56. The predicted molar refractivity (Wildman–Crippen MR) is 101 cm³/mol. The van der Waals surface area contributed by atoms with Crippen LogP contribution in [0.4, 0.5) is 4.39 Å². The van der Waals surface area contributed by atoms with Crippen LogP contribution < -0.4 is 9.47 Å². The van der Waals surface area contributed by atoms with Crippen LogP contribution >= 0.6 is 0 Å². The van der Waals surface area contributed by atoms with E-state index in [0.717, 1.165) is 25.7 Å². The van der Waals surface area contributed by atoms with Crippen molar-refractivity contribution >= 4 is 5.91 Å². The molecule has 2 aromatic carbocycles. The molecule has 0 N–H and O–H groups in total. The van der Waals surface area contributed by atoms with Crippen molar-refractivity contribution in [1.82, 2.24) is 4.90 Å². The first-order chi connectivity index (χ1) is 13.1. The van der Waals surface area contributed by atoms with Crippen LogP contribution in [-0.4, -0.2) is 37.1 Å². The summed E-state index contributed by atoms with van der Waals surface area (Å²) in [5.41, 5.74) is 1.75. The van der Waals surface area contributed by atoms with Crippen LogP contribution in [0.15, 0.2) is 42.5 Å². The number of rotatable bonds is 4. The summed E-state index contributed by atoms with van der Waals surface area (Å²) in [6, 6.07) is 12.6. The molecule has 0 spiro atoms. The van der Waals surface area contributed by atoms with E-state index >= 15 is 0 Å². The largest absolute Gasteiger partial charge is 0.497 e. The van der Waals surface area contributed by atoms with Crippen LogP contribution in [0.3, 0.4) is 0 Å². The molecule has 2 heterocycles. The van der Waals surface area contributed by atoms with Crippen molar-refractivity contribution in [2.24, 2.45) is 0 Å². The first-order valence-corrected chi connectivity index (χ1v) is 9.41. The highest BCUT2D eigenvalue weighted by Crippen LogP contribution is 2.44. The van der Waals surface area contributed by atoms with Gasteiger partial charge >= 0.3 is 0 Å². The lowest BCUT2D eigenvalue weighted by Crippen LogP contribution is -2.46. The quantitative estimate of drug-likeness (QED) is 0.802. The number of fused-ring (bicyclic) bond motifs is 2. The van der Waals surface area contributed by atoms with Gasteiger partial charge in [0, 0.05) is 18.2 Å². The van der Waals surface area contributed by atoms with E-state index in [1.807, 2.05) is 17.0 Å². The molecule has 4 nitrogen and oxygen atoms in total. The molecule has 5 heteroatoms. The van der Waals surface area contributed by atoms with Gasteiger partial charge in [0.15, 0.2) is 0 Å². The second kappa shape index (κ2) is 7.22. The average molecular weight is 369 g/mol. The van der Waals surface area contributed by atoms with Crippen molar-refractivity contribution in [3.63, 3.8) is 0 Å². The Hall–Kier alpha value is -2.56. The maximum absolute atomic E-state index is 13.3. The van der Waals surface area contributed by atoms with Gasteiger partial charge in [-0.3, -0.25) is 4.79 Å². The predicted octanol–water partition coefficient (Wildman–Crippen LogP) is 4.39. The Kier molecular flexibility index (Phi) is 4.77. The van der Waals surface area contributed by atoms with E-state index in [2.05, 4.69) is 0 Å². The monoisotopic (exact) mass is 369 g/mol. The molecule has 1 amide bonds. The van der Waals surface area contributed by atoms with E-state index in [1.54, 1.807) is 32.4 Å². The van der Waals surface area contributed by atoms with Gasteiger partial charge in [-0.15, -0.1) is 0 Å². The number of hydrogen-bond donors (Lipinski definition) is 0.